The third-order valence-corrected chi connectivity index (χ3v) is 3.58. The minimum absolute atomic E-state index is 0.214. The Hall–Kier alpha value is -2.71. The summed E-state index contributed by atoms with van der Waals surface area (Å²) in [5.74, 6) is -0.807. The Morgan fingerprint density at radius 1 is 1.48 bits per heavy atom. The molecular formula is C12H14N6O3. The van der Waals surface area contributed by atoms with Crippen molar-refractivity contribution in [1.82, 2.24) is 25.2 Å². The lowest BCUT2D eigenvalue weighted by Gasteiger charge is -2.14. The summed E-state index contributed by atoms with van der Waals surface area (Å²) in [6, 6.07) is 0. The largest absolute Gasteiger partial charge is 0.369 e. The summed E-state index contributed by atoms with van der Waals surface area (Å²) in [7, 11) is 0. The zero-order valence-electron chi connectivity index (χ0n) is 11.3. The molecule has 0 unspecified atom stereocenters. The van der Waals surface area contributed by atoms with Crippen LogP contribution < -0.4 is 5.73 Å². The lowest BCUT2D eigenvalue weighted by Crippen LogP contribution is -2.31. The number of aromatic amines is 1. The van der Waals surface area contributed by atoms with Crippen LogP contribution in [-0.4, -0.2) is 50.1 Å². The minimum Gasteiger partial charge on any atom is -0.369 e. The molecule has 0 bridgehead atoms. The molecule has 0 aliphatic carbocycles. The molecule has 9 heteroatoms. The van der Waals surface area contributed by atoms with Crippen molar-refractivity contribution in [2.45, 2.75) is 12.8 Å². The average molecular weight is 290 g/mol. The van der Waals surface area contributed by atoms with E-state index in [1.165, 1.54) is 12.4 Å². The van der Waals surface area contributed by atoms with E-state index in [9.17, 15) is 9.59 Å². The summed E-state index contributed by atoms with van der Waals surface area (Å²) in [5.41, 5.74) is 5.86. The molecule has 21 heavy (non-hydrogen) atoms. The number of carbonyl (C=O) groups excluding carboxylic acids is 2. The monoisotopic (exact) mass is 290 g/mol. The molecule has 2 aromatic rings. The molecule has 1 aliphatic heterocycles. The van der Waals surface area contributed by atoms with Crippen molar-refractivity contribution in [3.05, 3.63) is 29.7 Å². The van der Waals surface area contributed by atoms with Crippen LogP contribution in [0, 0.1) is 12.8 Å². The second-order valence-electron chi connectivity index (χ2n) is 4.99. The van der Waals surface area contributed by atoms with Gasteiger partial charge in [-0.25, -0.2) is 0 Å². The molecule has 3 rings (SSSR count). The van der Waals surface area contributed by atoms with Crippen molar-refractivity contribution >= 4 is 11.8 Å². The summed E-state index contributed by atoms with van der Waals surface area (Å²) in [6.45, 7) is 2.22. The highest BCUT2D eigenvalue weighted by atomic mass is 16.5. The Labute approximate surface area is 119 Å². The Balaban J connectivity index is 1.84. The number of nitrogens with zero attached hydrogens (tertiary/aromatic N) is 4. The van der Waals surface area contributed by atoms with Crippen molar-refractivity contribution in [2.24, 2.45) is 11.7 Å². The Morgan fingerprint density at radius 3 is 2.86 bits per heavy atom. The van der Waals surface area contributed by atoms with Gasteiger partial charge in [0.05, 0.1) is 23.6 Å². The highest BCUT2D eigenvalue weighted by Gasteiger charge is 2.42. The molecule has 110 valence electrons. The summed E-state index contributed by atoms with van der Waals surface area (Å²) in [4.78, 5) is 29.6. The van der Waals surface area contributed by atoms with Gasteiger partial charge in [0.2, 0.25) is 11.8 Å². The number of nitrogens with one attached hydrogen (secondary N) is 1. The van der Waals surface area contributed by atoms with Crippen LogP contribution in [0.4, 0.5) is 0 Å². The Morgan fingerprint density at radius 2 is 2.29 bits per heavy atom. The van der Waals surface area contributed by atoms with Crippen molar-refractivity contribution < 1.29 is 14.1 Å². The number of nitrogens with two attached hydrogens (primary N) is 1. The zero-order chi connectivity index (χ0) is 15.0. The predicted octanol–water partition coefficient (Wildman–Crippen LogP) is -0.558. The van der Waals surface area contributed by atoms with Crippen LogP contribution in [0.5, 0.6) is 0 Å². The van der Waals surface area contributed by atoms with E-state index >= 15 is 0 Å². The van der Waals surface area contributed by atoms with Crippen LogP contribution in [-0.2, 0) is 4.79 Å². The number of likely N-dealkylation sites (tertiary alicyclic amines) is 1. The van der Waals surface area contributed by atoms with Gasteiger partial charge in [-0.3, -0.25) is 14.7 Å². The maximum absolute atomic E-state index is 12.3. The first kappa shape index (κ1) is 13.3. The molecule has 3 heterocycles. The van der Waals surface area contributed by atoms with Crippen molar-refractivity contribution in [1.29, 1.82) is 0 Å². The fourth-order valence-corrected chi connectivity index (χ4v) is 2.52. The van der Waals surface area contributed by atoms with Gasteiger partial charge in [-0.15, -0.1) is 0 Å². The Bertz CT molecular complexity index is 664. The van der Waals surface area contributed by atoms with Crippen molar-refractivity contribution in [2.75, 3.05) is 13.1 Å². The number of hydrogen-bond donors (Lipinski definition) is 2. The van der Waals surface area contributed by atoms with Crippen molar-refractivity contribution in [3.63, 3.8) is 0 Å². The topological polar surface area (TPSA) is 131 Å². The van der Waals surface area contributed by atoms with Crippen LogP contribution in [0.15, 0.2) is 16.9 Å². The molecule has 3 N–H and O–H groups in total. The number of carbonyl (C=O) groups is 2. The third kappa shape index (κ3) is 2.37. The molecule has 1 aliphatic rings. The molecule has 2 amide bonds. The van der Waals surface area contributed by atoms with E-state index in [0.29, 0.717) is 23.8 Å². The van der Waals surface area contributed by atoms with Gasteiger partial charge >= 0.3 is 0 Å². The van der Waals surface area contributed by atoms with Crippen molar-refractivity contribution in [3.8, 4) is 0 Å². The second-order valence-corrected chi connectivity index (χ2v) is 4.99. The van der Waals surface area contributed by atoms with Crippen LogP contribution >= 0.6 is 0 Å². The van der Waals surface area contributed by atoms with Crippen LogP contribution in [0.1, 0.15) is 28.0 Å². The normalized spacial score (nSPS) is 21.7. The number of rotatable bonds is 3. The summed E-state index contributed by atoms with van der Waals surface area (Å²) >= 11 is 0. The quantitative estimate of drug-likeness (QED) is 0.779. The number of amides is 2. The molecule has 0 spiro atoms. The molecule has 1 fully saturated rings. The van der Waals surface area contributed by atoms with Crippen LogP contribution in [0.3, 0.4) is 0 Å². The van der Waals surface area contributed by atoms with Gasteiger partial charge in [-0.2, -0.15) is 10.1 Å². The summed E-state index contributed by atoms with van der Waals surface area (Å²) in [5, 5.41) is 10.0. The standard InChI is InChI=1S/C12H14N6O3/c1-6-16-11(21-17-6)9-5-18(4-8(9)10(13)19)12(20)7-2-14-15-3-7/h2-3,8-9H,4-5H2,1H3,(H2,13,19)(H,14,15)/t8-,9-/m1/s1. The summed E-state index contributed by atoms with van der Waals surface area (Å²) < 4.78 is 5.12. The first-order valence-corrected chi connectivity index (χ1v) is 6.44. The fraction of sp³-hybridized carbons (Fsp3) is 0.417. The highest BCUT2D eigenvalue weighted by Crippen LogP contribution is 2.32. The smallest absolute Gasteiger partial charge is 0.257 e. The van der Waals surface area contributed by atoms with Gasteiger partial charge in [-0.1, -0.05) is 5.16 Å². The second kappa shape index (κ2) is 5.00. The van der Waals surface area contributed by atoms with Gasteiger partial charge < -0.3 is 15.2 Å². The maximum atomic E-state index is 12.3. The van der Waals surface area contributed by atoms with Gasteiger partial charge in [-0.05, 0) is 6.92 Å². The molecule has 1 saturated heterocycles. The van der Waals surface area contributed by atoms with Gasteiger partial charge in [0.25, 0.3) is 5.91 Å². The molecule has 2 aromatic heterocycles. The molecule has 0 saturated carbocycles. The first-order valence-electron chi connectivity index (χ1n) is 6.44. The average Bonchev–Trinajstić information content (AvgIpc) is 3.17. The van der Waals surface area contributed by atoms with Gasteiger partial charge in [0, 0.05) is 19.3 Å². The van der Waals surface area contributed by atoms with Gasteiger partial charge in [0.15, 0.2) is 5.82 Å². The van der Waals surface area contributed by atoms with E-state index in [0.717, 1.165) is 0 Å². The number of aryl methyl sites for hydroxylation is 1. The van der Waals surface area contributed by atoms with E-state index in [-0.39, 0.29) is 18.4 Å². The Kier molecular flexibility index (Phi) is 3.16. The number of aromatic nitrogens is 4. The van der Waals surface area contributed by atoms with Gasteiger partial charge in [0.1, 0.15) is 0 Å². The highest BCUT2D eigenvalue weighted by molar-refractivity contribution is 5.94. The van der Waals surface area contributed by atoms with Crippen LogP contribution in [0.25, 0.3) is 0 Å². The van der Waals surface area contributed by atoms with E-state index in [1.807, 2.05) is 0 Å². The molecular weight excluding hydrogens is 276 g/mol. The minimum atomic E-state index is -0.541. The SMILES string of the molecule is Cc1noc([C@@H]2CN(C(=O)c3cn[nH]c3)C[C@H]2C(N)=O)n1. The number of hydrogen-bond acceptors (Lipinski definition) is 6. The number of primary amides is 1. The summed E-state index contributed by atoms with van der Waals surface area (Å²) in [6.07, 6.45) is 2.94. The number of H-pyrrole nitrogens is 1. The maximum Gasteiger partial charge on any atom is 0.257 e. The molecule has 0 aromatic carbocycles. The zero-order valence-corrected chi connectivity index (χ0v) is 11.3. The lowest BCUT2D eigenvalue weighted by molar-refractivity contribution is -0.121. The lowest BCUT2D eigenvalue weighted by atomic mass is 9.95. The van der Waals surface area contributed by atoms with E-state index in [2.05, 4.69) is 20.3 Å². The third-order valence-electron chi connectivity index (χ3n) is 3.58. The predicted molar refractivity (Wildman–Crippen MR) is 69.0 cm³/mol. The van der Waals surface area contributed by atoms with E-state index in [1.54, 1.807) is 11.8 Å². The first-order chi connectivity index (χ1) is 10.1. The molecule has 0 radical (unpaired) electrons. The fourth-order valence-electron chi connectivity index (χ4n) is 2.52. The van der Waals surface area contributed by atoms with E-state index in [4.69, 9.17) is 10.3 Å². The van der Waals surface area contributed by atoms with Crippen LogP contribution in [0.2, 0.25) is 0 Å². The molecule has 9 nitrogen and oxygen atoms in total. The molecule has 2 atom stereocenters. The van der Waals surface area contributed by atoms with E-state index < -0.39 is 11.8 Å².